The number of H-pyrrole nitrogens is 1. The average Bonchev–Trinajstić information content (AvgIpc) is 3.83. The minimum absolute atomic E-state index is 0.00569. The first-order chi connectivity index (χ1) is 21.3. The van der Waals surface area contributed by atoms with E-state index in [0.717, 1.165) is 35.7 Å². The number of carbonyl (C=O) groups excluding carboxylic acids is 5. The van der Waals surface area contributed by atoms with Gasteiger partial charge >= 0.3 is 0 Å². The number of likely N-dealkylation sites (tertiary alicyclic amines) is 1. The van der Waals surface area contributed by atoms with Gasteiger partial charge in [-0.3, -0.25) is 24.0 Å². The van der Waals surface area contributed by atoms with Crippen LogP contribution in [-0.2, 0) is 25.7 Å². The Morgan fingerprint density at radius 3 is 2.61 bits per heavy atom. The summed E-state index contributed by atoms with van der Waals surface area (Å²) >= 11 is 0. The Morgan fingerprint density at radius 1 is 1.05 bits per heavy atom. The predicted molar refractivity (Wildman–Crippen MR) is 161 cm³/mol. The molecule has 3 aliphatic rings. The van der Waals surface area contributed by atoms with E-state index in [-0.39, 0.29) is 36.6 Å². The fourth-order valence-corrected chi connectivity index (χ4v) is 7.09. The molecule has 0 radical (unpaired) electrons. The zero-order chi connectivity index (χ0) is 30.8. The van der Waals surface area contributed by atoms with Crippen molar-refractivity contribution in [2.24, 2.45) is 17.8 Å². The lowest BCUT2D eigenvalue weighted by atomic mass is 9.91. The van der Waals surface area contributed by atoms with E-state index < -0.39 is 35.6 Å². The molecule has 5 atom stereocenters. The van der Waals surface area contributed by atoms with Crippen molar-refractivity contribution in [3.05, 3.63) is 65.9 Å². The number of ketones is 1. The number of hydrogen-bond donors (Lipinski definition) is 4. The molecular formula is C33H37N5O6. The Labute approximate surface area is 255 Å². The molecule has 2 aliphatic heterocycles. The molecule has 3 fully saturated rings. The summed E-state index contributed by atoms with van der Waals surface area (Å²) in [4.78, 5) is 71.7. The number of nitrogens with zero attached hydrogens (tertiary/aromatic N) is 1. The highest BCUT2D eigenvalue weighted by atomic mass is 16.5. The van der Waals surface area contributed by atoms with E-state index in [2.05, 4.69) is 20.9 Å². The number of aromatic nitrogens is 1. The molecule has 230 valence electrons. The smallest absolute Gasteiger partial charge is 0.289 e. The summed E-state index contributed by atoms with van der Waals surface area (Å²) in [6.45, 7) is 1.05. The van der Waals surface area contributed by atoms with Crippen molar-refractivity contribution in [3.63, 3.8) is 0 Å². The second-order valence-electron chi connectivity index (χ2n) is 12.0. The fraction of sp³-hybridized carbons (Fsp3) is 0.424. The third-order valence-electron chi connectivity index (χ3n) is 9.33. The van der Waals surface area contributed by atoms with Gasteiger partial charge < -0.3 is 30.6 Å². The van der Waals surface area contributed by atoms with Crippen LogP contribution in [0.4, 0.5) is 0 Å². The number of aromatic amines is 1. The van der Waals surface area contributed by atoms with E-state index in [9.17, 15) is 24.0 Å². The minimum Gasteiger partial charge on any atom is -0.496 e. The summed E-state index contributed by atoms with van der Waals surface area (Å²) < 4.78 is 5.45. The largest absolute Gasteiger partial charge is 0.496 e. The number of ether oxygens (including phenoxy) is 1. The first-order valence-electron chi connectivity index (χ1n) is 15.2. The zero-order valence-electron chi connectivity index (χ0n) is 24.6. The Morgan fingerprint density at radius 2 is 1.86 bits per heavy atom. The Hall–Kier alpha value is -4.67. The number of rotatable bonds is 10. The van der Waals surface area contributed by atoms with Gasteiger partial charge in [0, 0.05) is 36.5 Å². The third kappa shape index (κ3) is 5.78. The van der Waals surface area contributed by atoms with Gasteiger partial charge in [-0.25, -0.2) is 0 Å². The first kappa shape index (κ1) is 29.4. The van der Waals surface area contributed by atoms with Crippen LogP contribution in [0.25, 0.3) is 10.9 Å². The van der Waals surface area contributed by atoms with Gasteiger partial charge in [-0.15, -0.1) is 0 Å². The number of nitrogens with one attached hydrogen (secondary N) is 4. The molecule has 4 N–H and O–H groups in total. The topological polar surface area (TPSA) is 150 Å². The van der Waals surface area contributed by atoms with E-state index in [1.807, 2.05) is 48.5 Å². The lowest BCUT2D eigenvalue weighted by Crippen LogP contribution is -2.55. The van der Waals surface area contributed by atoms with Crippen LogP contribution in [0, 0.1) is 17.8 Å². The summed E-state index contributed by atoms with van der Waals surface area (Å²) in [5, 5.41) is 9.00. The van der Waals surface area contributed by atoms with Crippen LogP contribution in [0.5, 0.6) is 5.75 Å². The highest BCUT2D eigenvalue weighted by Crippen LogP contribution is 2.43. The van der Waals surface area contributed by atoms with Crippen molar-refractivity contribution >= 4 is 40.3 Å². The van der Waals surface area contributed by atoms with Crippen molar-refractivity contribution in [1.29, 1.82) is 0 Å². The standard InChI is InChI=1S/C33H37N5O6/c1-44-27-12-6-11-24-23(27)16-26(36-24)33(43)38-18-21-9-5-10-22(21)28(38)31(41)37-25(15-20-13-14-34-30(20)40)29(39)32(42)35-17-19-7-3-2-4-8-19/h2-4,6-8,11-12,16,20-22,25,28,36H,5,9-10,13-15,17-18H2,1H3,(H,34,40)(H,35,42)(H,37,41)/t20-,21-,22-,25-,28-/m0/s1. The molecule has 11 heteroatoms. The maximum absolute atomic E-state index is 14.1. The molecule has 3 aromatic rings. The molecule has 1 saturated carbocycles. The van der Waals surface area contributed by atoms with E-state index in [0.29, 0.717) is 31.0 Å². The molecule has 3 heterocycles. The van der Waals surface area contributed by atoms with Gasteiger partial charge in [0.25, 0.3) is 11.8 Å². The molecule has 11 nitrogen and oxygen atoms in total. The van der Waals surface area contributed by atoms with Gasteiger partial charge in [-0.1, -0.05) is 42.8 Å². The zero-order valence-corrected chi connectivity index (χ0v) is 24.6. The van der Waals surface area contributed by atoms with Crippen molar-refractivity contribution in [2.45, 2.75) is 50.7 Å². The predicted octanol–water partition coefficient (Wildman–Crippen LogP) is 2.31. The van der Waals surface area contributed by atoms with Crippen molar-refractivity contribution < 1.29 is 28.7 Å². The highest BCUT2D eigenvalue weighted by molar-refractivity contribution is 6.38. The van der Waals surface area contributed by atoms with Crippen LogP contribution < -0.4 is 20.7 Å². The van der Waals surface area contributed by atoms with Crippen LogP contribution in [0.1, 0.15) is 48.2 Å². The lowest BCUT2D eigenvalue weighted by Gasteiger charge is -2.29. The summed E-state index contributed by atoms with van der Waals surface area (Å²) in [5.41, 5.74) is 1.92. The van der Waals surface area contributed by atoms with Gasteiger partial charge in [0.1, 0.15) is 17.5 Å². The molecule has 0 bridgehead atoms. The second-order valence-corrected chi connectivity index (χ2v) is 12.0. The van der Waals surface area contributed by atoms with E-state index in [1.54, 1.807) is 18.1 Å². The van der Waals surface area contributed by atoms with Gasteiger partial charge in [0.2, 0.25) is 17.6 Å². The highest BCUT2D eigenvalue weighted by Gasteiger charge is 2.50. The van der Waals surface area contributed by atoms with E-state index in [4.69, 9.17) is 4.74 Å². The molecule has 2 saturated heterocycles. The fourth-order valence-electron chi connectivity index (χ4n) is 7.09. The van der Waals surface area contributed by atoms with Gasteiger partial charge in [-0.2, -0.15) is 0 Å². The molecule has 6 rings (SSSR count). The maximum atomic E-state index is 14.1. The summed E-state index contributed by atoms with van der Waals surface area (Å²) in [6.07, 6.45) is 3.16. The number of fused-ring (bicyclic) bond motifs is 2. The number of benzene rings is 2. The number of carbonyl (C=O) groups is 5. The Kier molecular flexibility index (Phi) is 8.36. The second kappa shape index (κ2) is 12.5. The maximum Gasteiger partial charge on any atom is 0.289 e. The molecule has 44 heavy (non-hydrogen) atoms. The van der Waals surface area contributed by atoms with Gasteiger partial charge in [0.15, 0.2) is 0 Å². The van der Waals surface area contributed by atoms with Crippen LogP contribution in [-0.4, -0.2) is 71.6 Å². The van der Waals surface area contributed by atoms with Gasteiger partial charge in [0.05, 0.1) is 13.2 Å². The first-order valence-corrected chi connectivity index (χ1v) is 15.2. The number of hydrogen-bond acceptors (Lipinski definition) is 6. The molecule has 0 spiro atoms. The minimum atomic E-state index is -1.21. The van der Waals surface area contributed by atoms with Crippen LogP contribution in [0.15, 0.2) is 54.6 Å². The van der Waals surface area contributed by atoms with E-state index in [1.165, 1.54) is 0 Å². The summed E-state index contributed by atoms with van der Waals surface area (Å²) in [6, 6.07) is 14.4. The molecule has 2 aromatic carbocycles. The van der Waals surface area contributed by atoms with Crippen molar-refractivity contribution in [3.8, 4) is 5.75 Å². The van der Waals surface area contributed by atoms with Crippen LogP contribution in [0.3, 0.4) is 0 Å². The van der Waals surface area contributed by atoms with Crippen molar-refractivity contribution in [1.82, 2.24) is 25.8 Å². The molecule has 1 aliphatic carbocycles. The average molecular weight is 600 g/mol. The van der Waals surface area contributed by atoms with Crippen LogP contribution >= 0.6 is 0 Å². The molecule has 1 aromatic heterocycles. The molecule has 0 unspecified atom stereocenters. The normalized spacial score (nSPS) is 23.2. The summed E-state index contributed by atoms with van der Waals surface area (Å²) in [5.74, 6) is -2.40. The molecular weight excluding hydrogens is 562 g/mol. The Bertz CT molecular complexity index is 1590. The quantitative estimate of drug-likeness (QED) is 0.263. The third-order valence-corrected chi connectivity index (χ3v) is 9.33. The van der Waals surface area contributed by atoms with E-state index >= 15 is 0 Å². The number of methoxy groups -OCH3 is 1. The number of Topliss-reactive ketones (excluding diaryl/α,β-unsaturated/α-hetero) is 1. The number of amides is 4. The van der Waals surface area contributed by atoms with Crippen molar-refractivity contribution in [2.75, 3.05) is 20.2 Å². The lowest BCUT2D eigenvalue weighted by molar-refractivity contribution is -0.141. The van der Waals surface area contributed by atoms with Crippen LogP contribution in [0.2, 0.25) is 0 Å². The van der Waals surface area contributed by atoms with Gasteiger partial charge in [-0.05, 0) is 61.3 Å². The monoisotopic (exact) mass is 599 g/mol. The molecule has 4 amide bonds. The Balaban J connectivity index is 1.23. The summed E-state index contributed by atoms with van der Waals surface area (Å²) in [7, 11) is 1.57. The SMILES string of the molecule is COc1cccc2[nH]c(C(=O)N3C[C@@H]4CCC[C@@H]4[C@H]3C(=O)N[C@@H](C[C@@H]3CCNC3=O)C(=O)C(=O)NCc3ccccc3)cc12.